The van der Waals surface area contributed by atoms with Crippen LogP contribution in [-0.2, 0) is 19.6 Å². The first-order valence-electron chi connectivity index (χ1n) is 9.44. The van der Waals surface area contributed by atoms with E-state index >= 15 is 0 Å². The molecular formula is C20H20ClN3O4S2. The second-order valence-corrected chi connectivity index (χ2v) is 10.5. The third kappa shape index (κ3) is 4.14. The number of anilines is 2. The molecule has 0 unspecified atom stereocenters. The fourth-order valence-electron chi connectivity index (χ4n) is 3.39. The monoisotopic (exact) mass is 465 g/mol. The van der Waals surface area contributed by atoms with E-state index in [-0.39, 0.29) is 10.8 Å². The van der Waals surface area contributed by atoms with Gasteiger partial charge in [0.25, 0.3) is 10.0 Å². The summed E-state index contributed by atoms with van der Waals surface area (Å²) in [4.78, 5) is 27.5. The van der Waals surface area contributed by atoms with Crippen LogP contribution in [0.5, 0.6) is 0 Å². The van der Waals surface area contributed by atoms with Gasteiger partial charge in [0, 0.05) is 23.0 Å². The lowest BCUT2D eigenvalue weighted by Gasteiger charge is -2.27. The normalized spacial score (nSPS) is 18.7. The van der Waals surface area contributed by atoms with Gasteiger partial charge in [0.2, 0.25) is 11.8 Å². The number of halogens is 1. The van der Waals surface area contributed by atoms with Gasteiger partial charge in [0.05, 0.1) is 16.3 Å². The molecule has 4 rings (SSSR count). The lowest BCUT2D eigenvalue weighted by Crippen LogP contribution is -2.43. The molecule has 0 radical (unpaired) electrons. The third-order valence-electron chi connectivity index (χ3n) is 5.07. The first kappa shape index (κ1) is 21.0. The number of aryl methyl sites for hydroxylation is 1. The Morgan fingerprint density at radius 3 is 2.63 bits per heavy atom. The molecule has 0 aliphatic carbocycles. The minimum Gasteiger partial charge on any atom is -0.341 e. The second kappa shape index (κ2) is 8.13. The van der Waals surface area contributed by atoms with Crippen molar-refractivity contribution in [3.8, 4) is 0 Å². The average molecular weight is 466 g/mol. The Kier molecular flexibility index (Phi) is 5.69. The molecule has 2 aromatic rings. The van der Waals surface area contributed by atoms with Crippen LogP contribution in [0.1, 0.15) is 18.4 Å². The largest absolute Gasteiger partial charge is 0.341 e. The highest BCUT2D eigenvalue weighted by Gasteiger charge is 2.37. The van der Waals surface area contributed by atoms with E-state index in [0.29, 0.717) is 34.4 Å². The molecule has 158 valence electrons. The van der Waals surface area contributed by atoms with Crippen molar-refractivity contribution in [2.75, 3.05) is 23.1 Å². The van der Waals surface area contributed by atoms with Crippen molar-refractivity contribution in [1.29, 1.82) is 0 Å². The zero-order valence-corrected chi connectivity index (χ0v) is 18.5. The number of likely N-dealkylation sites (tertiary alicyclic amines) is 1. The number of nitrogens with zero attached hydrogens (tertiary/aromatic N) is 1. The molecule has 1 atom stereocenters. The molecule has 0 spiro atoms. The molecule has 0 aromatic heterocycles. The van der Waals surface area contributed by atoms with Crippen molar-refractivity contribution in [2.45, 2.75) is 34.8 Å². The Morgan fingerprint density at radius 1 is 1.20 bits per heavy atom. The molecule has 2 aromatic carbocycles. The van der Waals surface area contributed by atoms with Gasteiger partial charge < -0.3 is 10.2 Å². The van der Waals surface area contributed by atoms with E-state index < -0.39 is 21.2 Å². The van der Waals surface area contributed by atoms with Crippen LogP contribution in [0.15, 0.2) is 46.2 Å². The lowest BCUT2D eigenvalue weighted by atomic mass is 10.2. The van der Waals surface area contributed by atoms with Crippen molar-refractivity contribution in [3.05, 3.63) is 47.0 Å². The summed E-state index contributed by atoms with van der Waals surface area (Å²) in [6, 6.07) is 9.36. The quantitative estimate of drug-likeness (QED) is 0.674. The van der Waals surface area contributed by atoms with E-state index in [1.807, 2.05) is 6.92 Å². The smallest absolute Gasteiger partial charge is 0.261 e. The summed E-state index contributed by atoms with van der Waals surface area (Å²) in [7, 11) is -3.88. The van der Waals surface area contributed by atoms with Gasteiger partial charge in [0.1, 0.15) is 0 Å². The van der Waals surface area contributed by atoms with Crippen molar-refractivity contribution in [3.63, 3.8) is 0 Å². The second-order valence-electron chi connectivity index (χ2n) is 7.25. The van der Waals surface area contributed by atoms with Crippen molar-refractivity contribution in [1.82, 2.24) is 4.90 Å². The number of amides is 2. The molecule has 10 heteroatoms. The summed E-state index contributed by atoms with van der Waals surface area (Å²) in [5, 5.41) is 2.29. The molecule has 1 saturated heterocycles. The number of carbonyl (C=O) groups is 2. The van der Waals surface area contributed by atoms with E-state index in [1.54, 1.807) is 29.2 Å². The number of fused-ring (bicyclic) bond motifs is 1. The number of carbonyl (C=O) groups excluding carboxylic acids is 2. The molecule has 1 fully saturated rings. The lowest BCUT2D eigenvalue weighted by molar-refractivity contribution is -0.133. The Bertz CT molecular complexity index is 1130. The summed E-state index contributed by atoms with van der Waals surface area (Å²) in [6.07, 6.45) is 1.89. The average Bonchev–Trinajstić information content (AvgIpc) is 3.24. The molecule has 2 amide bonds. The SMILES string of the molecule is Cc1ccc(NS(=O)(=O)c2ccc3c(c2)NC(=O)[C@H](C(=O)N2CCCC2)S3)cc1Cl. The van der Waals surface area contributed by atoms with Crippen LogP contribution in [-0.4, -0.2) is 43.5 Å². The number of hydrogen-bond donors (Lipinski definition) is 2. The highest BCUT2D eigenvalue weighted by atomic mass is 35.5. The first-order chi connectivity index (χ1) is 14.2. The number of hydrogen-bond acceptors (Lipinski definition) is 5. The molecule has 0 bridgehead atoms. The summed E-state index contributed by atoms with van der Waals surface area (Å²) < 4.78 is 28.0. The Hall–Kier alpha value is -2.23. The van der Waals surface area contributed by atoms with Crippen molar-refractivity contribution in [2.24, 2.45) is 0 Å². The Labute approximate surface area is 184 Å². The number of thioether (sulfide) groups is 1. The third-order valence-corrected chi connectivity index (χ3v) is 8.12. The van der Waals surface area contributed by atoms with Gasteiger partial charge in [-0.05, 0) is 55.7 Å². The van der Waals surface area contributed by atoms with E-state index in [1.165, 1.54) is 12.1 Å². The van der Waals surface area contributed by atoms with Gasteiger partial charge >= 0.3 is 0 Å². The van der Waals surface area contributed by atoms with Crippen LogP contribution >= 0.6 is 23.4 Å². The molecular weight excluding hydrogens is 446 g/mol. The van der Waals surface area contributed by atoms with Gasteiger partial charge in [-0.25, -0.2) is 8.42 Å². The van der Waals surface area contributed by atoms with Gasteiger partial charge in [0.15, 0.2) is 5.25 Å². The predicted octanol–water partition coefficient (Wildman–Crippen LogP) is 3.48. The molecule has 2 heterocycles. The fraction of sp³-hybridized carbons (Fsp3) is 0.300. The molecule has 30 heavy (non-hydrogen) atoms. The van der Waals surface area contributed by atoms with Gasteiger partial charge in [-0.15, -0.1) is 11.8 Å². The van der Waals surface area contributed by atoms with Crippen LogP contribution in [0.4, 0.5) is 11.4 Å². The number of nitrogens with one attached hydrogen (secondary N) is 2. The molecule has 0 saturated carbocycles. The summed E-state index contributed by atoms with van der Waals surface area (Å²) in [5.41, 5.74) is 1.56. The van der Waals surface area contributed by atoms with Crippen LogP contribution in [0.25, 0.3) is 0 Å². The highest BCUT2D eigenvalue weighted by Crippen LogP contribution is 2.38. The van der Waals surface area contributed by atoms with Crippen LogP contribution in [0, 0.1) is 6.92 Å². The van der Waals surface area contributed by atoms with Gasteiger partial charge in [-0.2, -0.15) is 0 Å². The van der Waals surface area contributed by atoms with E-state index in [0.717, 1.165) is 30.2 Å². The topological polar surface area (TPSA) is 95.6 Å². The fourth-order valence-corrected chi connectivity index (χ4v) is 5.70. The summed E-state index contributed by atoms with van der Waals surface area (Å²) in [5.74, 6) is -0.632. The molecule has 2 aliphatic rings. The van der Waals surface area contributed by atoms with E-state index in [2.05, 4.69) is 10.0 Å². The molecule has 7 nitrogen and oxygen atoms in total. The first-order valence-corrected chi connectivity index (χ1v) is 12.2. The maximum absolute atomic E-state index is 12.8. The van der Waals surface area contributed by atoms with Gasteiger partial charge in [-0.1, -0.05) is 17.7 Å². The number of benzene rings is 2. The molecule has 2 aliphatic heterocycles. The van der Waals surface area contributed by atoms with Crippen LogP contribution < -0.4 is 10.0 Å². The summed E-state index contributed by atoms with van der Waals surface area (Å²) in [6.45, 7) is 3.16. The summed E-state index contributed by atoms with van der Waals surface area (Å²) >= 11 is 7.22. The number of rotatable bonds is 4. The van der Waals surface area contributed by atoms with E-state index in [4.69, 9.17) is 11.6 Å². The van der Waals surface area contributed by atoms with Crippen molar-refractivity contribution >= 4 is 56.6 Å². The molecule has 2 N–H and O–H groups in total. The number of sulfonamides is 1. The van der Waals surface area contributed by atoms with Crippen LogP contribution in [0.2, 0.25) is 5.02 Å². The Morgan fingerprint density at radius 2 is 1.93 bits per heavy atom. The van der Waals surface area contributed by atoms with Gasteiger partial charge in [-0.3, -0.25) is 14.3 Å². The Balaban J connectivity index is 1.55. The minimum absolute atomic E-state index is 0.00293. The zero-order chi connectivity index (χ0) is 21.5. The highest BCUT2D eigenvalue weighted by molar-refractivity contribution is 8.01. The van der Waals surface area contributed by atoms with Crippen molar-refractivity contribution < 1.29 is 18.0 Å². The van der Waals surface area contributed by atoms with Crippen LogP contribution in [0.3, 0.4) is 0 Å². The minimum atomic E-state index is -3.88. The maximum Gasteiger partial charge on any atom is 0.261 e. The predicted molar refractivity (Wildman–Crippen MR) is 118 cm³/mol. The van der Waals surface area contributed by atoms with E-state index in [9.17, 15) is 18.0 Å². The standard InChI is InChI=1S/C20H20ClN3O4S2/c1-12-4-5-13(10-15(12)21)23-30(27,28)14-6-7-17-16(11-14)22-19(25)18(29-17)20(26)24-8-2-3-9-24/h4-7,10-11,18,23H,2-3,8-9H2,1H3,(H,22,25)/t18-/m1/s1. The maximum atomic E-state index is 12.8. The zero-order valence-electron chi connectivity index (χ0n) is 16.1.